The van der Waals surface area contributed by atoms with Crippen LogP contribution in [-0.4, -0.2) is 142 Å². The van der Waals surface area contributed by atoms with E-state index < -0.39 is 80.7 Å². The molecule has 384 valence electrons. The van der Waals surface area contributed by atoms with E-state index >= 15 is 0 Å². The van der Waals surface area contributed by atoms with E-state index in [1.807, 2.05) is 0 Å². The molecule has 0 aromatic rings. The average Bonchev–Trinajstić information content (AvgIpc) is 3.30. The van der Waals surface area contributed by atoms with Crippen molar-refractivity contribution in [1.82, 2.24) is 0 Å². The van der Waals surface area contributed by atoms with Gasteiger partial charge in [0, 0.05) is 13.0 Å². The molecule has 0 aromatic heterocycles. The number of aliphatic hydroxyl groups is 7. The molecule has 0 spiro atoms. The zero-order valence-corrected chi connectivity index (χ0v) is 40.7. The fourth-order valence-electron chi connectivity index (χ4n) is 8.46. The third-order valence-corrected chi connectivity index (χ3v) is 12.8. The van der Waals surface area contributed by atoms with Crippen molar-refractivity contribution in [2.45, 2.75) is 274 Å². The Kier molecular flexibility index (Phi) is 36.4. The van der Waals surface area contributed by atoms with Gasteiger partial charge in [-0.3, -0.25) is 4.79 Å². The highest BCUT2D eigenvalue weighted by molar-refractivity contribution is 5.69. The minimum Gasteiger partial charge on any atom is -0.457 e. The molecule has 0 amide bonds. The Morgan fingerprint density at radius 2 is 0.908 bits per heavy atom. The molecule has 14 nitrogen and oxygen atoms in total. The van der Waals surface area contributed by atoms with Crippen LogP contribution in [0.15, 0.2) is 12.2 Å². The predicted molar refractivity (Wildman–Crippen MR) is 252 cm³/mol. The molecule has 2 aliphatic rings. The summed E-state index contributed by atoms with van der Waals surface area (Å²) in [5, 5.41) is 72.1. The number of ether oxygens (including phenoxy) is 6. The van der Waals surface area contributed by atoms with Gasteiger partial charge in [-0.2, -0.15) is 0 Å². The monoisotopic (exact) mass is 933 g/mol. The second-order valence-corrected chi connectivity index (χ2v) is 18.7. The zero-order valence-electron chi connectivity index (χ0n) is 40.7. The van der Waals surface area contributed by atoms with Gasteiger partial charge in [-0.25, -0.2) is 0 Å². The maximum absolute atomic E-state index is 13.0. The van der Waals surface area contributed by atoms with Crippen LogP contribution in [0.25, 0.3) is 0 Å². The van der Waals surface area contributed by atoms with Crippen molar-refractivity contribution < 1.29 is 69.0 Å². The molecule has 11 atom stereocenters. The van der Waals surface area contributed by atoms with Crippen molar-refractivity contribution >= 4 is 5.97 Å². The van der Waals surface area contributed by atoms with Gasteiger partial charge in [0.25, 0.3) is 0 Å². The van der Waals surface area contributed by atoms with Gasteiger partial charge in [0.2, 0.25) is 0 Å². The molecular formula is C51H96O14. The average molecular weight is 933 g/mol. The molecule has 2 heterocycles. The maximum atomic E-state index is 13.0. The molecule has 0 aromatic carbocycles. The highest BCUT2D eigenvalue weighted by Gasteiger charge is 2.47. The smallest absolute Gasteiger partial charge is 0.306 e. The third-order valence-electron chi connectivity index (χ3n) is 12.8. The molecule has 11 unspecified atom stereocenters. The van der Waals surface area contributed by atoms with Gasteiger partial charge in [-0.15, -0.1) is 0 Å². The van der Waals surface area contributed by atoms with E-state index in [-0.39, 0.29) is 25.6 Å². The molecule has 0 bridgehead atoms. The van der Waals surface area contributed by atoms with Crippen LogP contribution in [0.2, 0.25) is 0 Å². The Morgan fingerprint density at radius 3 is 1.40 bits per heavy atom. The first-order valence-corrected chi connectivity index (χ1v) is 26.3. The molecule has 65 heavy (non-hydrogen) atoms. The van der Waals surface area contributed by atoms with Gasteiger partial charge in [0.1, 0.15) is 54.9 Å². The Balaban J connectivity index is 1.76. The number of allylic oxidation sites excluding steroid dienone is 2. The van der Waals surface area contributed by atoms with Crippen molar-refractivity contribution in [2.24, 2.45) is 0 Å². The number of carbonyl (C=O) groups is 1. The predicted octanol–water partition coefficient (Wildman–Crippen LogP) is 7.85. The summed E-state index contributed by atoms with van der Waals surface area (Å²) in [4.78, 5) is 13.0. The lowest BCUT2D eigenvalue weighted by molar-refractivity contribution is -0.332. The van der Waals surface area contributed by atoms with Crippen LogP contribution >= 0.6 is 0 Å². The van der Waals surface area contributed by atoms with Gasteiger partial charge in [0.05, 0.1) is 26.4 Å². The lowest BCUT2D eigenvalue weighted by Crippen LogP contribution is -2.61. The summed E-state index contributed by atoms with van der Waals surface area (Å²) in [7, 11) is 0. The van der Waals surface area contributed by atoms with E-state index in [0.29, 0.717) is 13.0 Å². The first-order chi connectivity index (χ1) is 31.6. The summed E-state index contributed by atoms with van der Waals surface area (Å²) in [6, 6.07) is 0. The van der Waals surface area contributed by atoms with E-state index in [1.165, 1.54) is 135 Å². The Morgan fingerprint density at radius 1 is 0.492 bits per heavy atom. The number of rotatable bonds is 42. The summed E-state index contributed by atoms with van der Waals surface area (Å²) in [5.74, 6) is -0.374. The van der Waals surface area contributed by atoms with Crippen LogP contribution in [0.3, 0.4) is 0 Å². The number of aliphatic hydroxyl groups excluding tert-OH is 7. The quantitative estimate of drug-likeness (QED) is 0.0176. The molecule has 2 rings (SSSR count). The maximum Gasteiger partial charge on any atom is 0.306 e. The summed E-state index contributed by atoms with van der Waals surface area (Å²) < 4.78 is 34.3. The lowest BCUT2D eigenvalue weighted by Gasteiger charge is -2.42. The largest absolute Gasteiger partial charge is 0.457 e. The Hall–Kier alpha value is -1.27. The van der Waals surface area contributed by atoms with Crippen LogP contribution in [0.4, 0.5) is 0 Å². The van der Waals surface area contributed by atoms with E-state index in [0.717, 1.165) is 44.9 Å². The van der Waals surface area contributed by atoms with Gasteiger partial charge in [-0.1, -0.05) is 174 Å². The van der Waals surface area contributed by atoms with Crippen molar-refractivity contribution in [3.63, 3.8) is 0 Å². The number of hydrogen-bond acceptors (Lipinski definition) is 14. The summed E-state index contributed by atoms with van der Waals surface area (Å²) in [6.45, 7) is 3.70. The van der Waals surface area contributed by atoms with Crippen LogP contribution in [0.1, 0.15) is 206 Å². The van der Waals surface area contributed by atoms with Crippen LogP contribution in [0, 0.1) is 0 Å². The second-order valence-electron chi connectivity index (χ2n) is 18.7. The number of carbonyl (C=O) groups excluding carboxylic acids is 1. The fraction of sp³-hybridized carbons (Fsp3) is 0.941. The van der Waals surface area contributed by atoms with Crippen molar-refractivity contribution in [3.8, 4) is 0 Å². The van der Waals surface area contributed by atoms with Crippen molar-refractivity contribution in [1.29, 1.82) is 0 Å². The number of unbranched alkanes of at least 4 members (excludes halogenated alkanes) is 26. The summed E-state index contributed by atoms with van der Waals surface area (Å²) >= 11 is 0. The highest BCUT2D eigenvalue weighted by Crippen LogP contribution is 2.26. The number of esters is 1. The minimum atomic E-state index is -1.70. The van der Waals surface area contributed by atoms with Crippen molar-refractivity contribution in [2.75, 3.05) is 33.0 Å². The van der Waals surface area contributed by atoms with Crippen LogP contribution < -0.4 is 0 Å². The van der Waals surface area contributed by atoms with Gasteiger partial charge in [0.15, 0.2) is 12.6 Å². The molecule has 2 fully saturated rings. The normalized spacial score (nSPS) is 26.5. The lowest BCUT2D eigenvalue weighted by atomic mass is 9.98. The highest BCUT2D eigenvalue weighted by atomic mass is 16.7. The molecule has 2 saturated heterocycles. The third kappa shape index (κ3) is 27.5. The zero-order chi connectivity index (χ0) is 47.3. The Bertz CT molecular complexity index is 1130. The molecule has 0 saturated carbocycles. The van der Waals surface area contributed by atoms with Crippen molar-refractivity contribution in [3.05, 3.63) is 12.2 Å². The standard InChI is InChI=1S/C51H96O14/c1-3-5-7-9-11-13-15-17-19-20-22-24-26-28-30-32-34-43(53)63-40(37-60-35-33-31-29-27-25-23-21-18-16-14-12-10-8-6-4-2)38-61-50-49(59)47(57)45(55)42(65-50)39-62-51-48(58)46(56)44(54)41(36-52)64-51/h16,18,40-42,44-52,54-59H,3-15,17,19-39H2,1-2H3/b18-16-. The second kappa shape index (κ2) is 39.6. The first kappa shape index (κ1) is 59.9. The molecule has 0 aliphatic carbocycles. The van der Waals surface area contributed by atoms with E-state index in [4.69, 9.17) is 28.4 Å². The van der Waals surface area contributed by atoms with Gasteiger partial charge < -0.3 is 64.2 Å². The first-order valence-electron chi connectivity index (χ1n) is 26.3. The molecule has 2 aliphatic heterocycles. The molecule has 14 heteroatoms. The van der Waals surface area contributed by atoms with Crippen LogP contribution in [-0.2, 0) is 33.2 Å². The molecule has 0 radical (unpaired) electrons. The molecular weight excluding hydrogens is 837 g/mol. The van der Waals surface area contributed by atoms with E-state index in [2.05, 4.69) is 26.0 Å². The van der Waals surface area contributed by atoms with Gasteiger partial charge in [-0.05, 0) is 38.5 Å². The van der Waals surface area contributed by atoms with E-state index in [9.17, 15) is 40.5 Å². The fourth-order valence-corrected chi connectivity index (χ4v) is 8.46. The Labute approximate surface area is 393 Å². The molecule has 7 N–H and O–H groups in total. The summed E-state index contributed by atoms with van der Waals surface area (Å²) in [5.41, 5.74) is 0. The minimum absolute atomic E-state index is 0.0628. The van der Waals surface area contributed by atoms with E-state index in [1.54, 1.807) is 0 Å². The summed E-state index contributed by atoms with van der Waals surface area (Å²) in [6.07, 6.45) is 24.1. The topological polar surface area (TPSA) is 214 Å². The number of hydrogen-bond donors (Lipinski definition) is 7. The van der Waals surface area contributed by atoms with Gasteiger partial charge >= 0.3 is 5.97 Å². The van der Waals surface area contributed by atoms with Crippen LogP contribution in [0.5, 0.6) is 0 Å². The SMILES string of the molecule is CCCCCCC/C=C\CCCCCCCCOCC(COC1OC(COC2OC(CO)C(O)C(O)C2O)C(O)C(O)C1O)OC(=O)CCCCCCCCCCCCCCCCCC.